The normalized spacial score (nSPS) is 16.6. The van der Waals surface area contributed by atoms with Gasteiger partial charge in [0, 0.05) is 44.1 Å². The lowest BCUT2D eigenvalue weighted by Crippen LogP contribution is -2.49. The molecule has 5 heteroatoms. The quantitative estimate of drug-likeness (QED) is 0.526. The summed E-state index contributed by atoms with van der Waals surface area (Å²) in [6.07, 6.45) is 1.82. The van der Waals surface area contributed by atoms with Crippen molar-refractivity contribution in [2.75, 3.05) is 32.7 Å². The number of aromatic nitrogens is 1. The third-order valence-corrected chi connectivity index (χ3v) is 7.35. The molecule has 0 spiro atoms. The molecule has 0 bridgehead atoms. The molecule has 1 saturated heterocycles. The fourth-order valence-electron chi connectivity index (χ4n) is 5.16. The number of aryl methyl sites for hydroxylation is 1. The fourth-order valence-corrected chi connectivity index (χ4v) is 5.16. The Labute approximate surface area is 197 Å². The minimum absolute atomic E-state index is 0.112. The zero-order valence-corrected chi connectivity index (χ0v) is 20.0. The van der Waals surface area contributed by atoms with Crippen LogP contribution in [0.15, 0.2) is 60.7 Å². The Morgan fingerprint density at radius 3 is 2.33 bits per heavy atom. The SMILES string of the molecule is CC(C)C(C#N)(CCCN1CCN(C(=O)c2cc3ccccc3n2C)CC1)c1ccccc1. The molecule has 172 valence electrons. The summed E-state index contributed by atoms with van der Waals surface area (Å²) in [4.78, 5) is 17.6. The number of piperazine rings is 1. The molecule has 3 aromatic rings. The molecule has 1 unspecified atom stereocenters. The Bertz CT molecular complexity index is 1140. The number of fused-ring (bicyclic) bond motifs is 1. The minimum atomic E-state index is -0.451. The van der Waals surface area contributed by atoms with Gasteiger partial charge >= 0.3 is 0 Å². The predicted molar refractivity (Wildman–Crippen MR) is 133 cm³/mol. The summed E-state index contributed by atoms with van der Waals surface area (Å²) in [5.41, 5.74) is 2.51. The summed E-state index contributed by atoms with van der Waals surface area (Å²) in [5, 5.41) is 11.2. The summed E-state index contributed by atoms with van der Waals surface area (Å²) in [5.74, 6) is 0.362. The first-order valence-corrected chi connectivity index (χ1v) is 12.0. The number of carbonyl (C=O) groups excluding carboxylic acids is 1. The highest BCUT2D eigenvalue weighted by molar-refractivity contribution is 5.98. The topological polar surface area (TPSA) is 52.3 Å². The van der Waals surface area contributed by atoms with Gasteiger partial charge in [0.05, 0.1) is 11.5 Å². The molecular formula is C28H34N4O. The Morgan fingerprint density at radius 2 is 1.70 bits per heavy atom. The van der Waals surface area contributed by atoms with Crippen molar-refractivity contribution in [3.8, 4) is 6.07 Å². The van der Waals surface area contributed by atoms with E-state index in [1.807, 2.05) is 52.9 Å². The van der Waals surface area contributed by atoms with Gasteiger partial charge in [-0.1, -0.05) is 62.4 Å². The number of benzene rings is 2. The first-order chi connectivity index (χ1) is 16.0. The molecule has 33 heavy (non-hydrogen) atoms. The maximum absolute atomic E-state index is 13.2. The summed E-state index contributed by atoms with van der Waals surface area (Å²) in [6.45, 7) is 8.49. The number of hydrogen-bond acceptors (Lipinski definition) is 3. The van der Waals surface area contributed by atoms with Crippen LogP contribution in [-0.4, -0.2) is 53.0 Å². The Kier molecular flexibility index (Phi) is 6.85. The molecule has 1 amide bonds. The van der Waals surface area contributed by atoms with E-state index in [9.17, 15) is 10.1 Å². The van der Waals surface area contributed by atoms with Gasteiger partial charge in [0.2, 0.25) is 0 Å². The Hall–Kier alpha value is -3.10. The summed E-state index contributed by atoms with van der Waals surface area (Å²) in [7, 11) is 1.97. The van der Waals surface area contributed by atoms with E-state index in [-0.39, 0.29) is 11.8 Å². The number of para-hydroxylation sites is 1. The third kappa shape index (κ3) is 4.54. The highest BCUT2D eigenvalue weighted by atomic mass is 16.2. The molecular weight excluding hydrogens is 408 g/mol. The first kappa shape index (κ1) is 23.1. The number of nitrogens with zero attached hydrogens (tertiary/aromatic N) is 4. The van der Waals surface area contributed by atoms with Crippen LogP contribution in [0.5, 0.6) is 0 Å². The largest absolute Gasteiger partial charge is 0.340 e. The second-order valence-corrected chi connectivity index (χ2v) is 9.49. The van der Waals surface area contributed by atoms with Crippen molar-refractivity contribution in [1.29, 1.82) is 5.26 Å². The molecule has 1 aromatic heterocycles. The standard InChI is InChI=1S/C28H34N4O/c1-22(2)28(21-29,24-11-5-4-6-12-24)14-9-15-31-16-18-32(19-17-31)27(33)26-20-23-10-7-8-13-25(23)30(26)3/h4-8,10-13,20,22H,9,14-19H2,1-3H3. The molecule has 5 nitrogen and oxygen atoms in total. The van der Waals surface area contributed by atoms with E-state index >= 15 is 0 Å². The monoisotopic (exact) mass is 442 g/mol. The van der Waals surface area contributed by atoms with Crippen molar-refractivity contribution in [3.05, 3.63) is 71.9 Å². The van der Waals surface area contributed by atoms with Crippen LogP contribution in [0.1, 0.15) is 42.7 Å². The predicted octanol–water partition coefficient (Wildman–Crippen LogP) is 4.83. The smallest absolute Gasteiger partial charge is 0.270 e. The fraction of sp³-hybridized carbons (Fsp3) is 0.429. The van der Waals surface area contributed by atoms with Gasteiger partial charge < -0.3 is 9.47 Å². The number of carbonyl (C=O) groups is 1. The average molecular weight is 443 g/mol. The lowest BCUT2D eigenvalue weighted by Gasteiger charge is -2.36. The third-order valence-electron chi connectivity index (χ3n) is 7.35. The van der Waals surface area contributed by atoms with E-state index in [4.69, 9.17) is 0 Å². The van der Waals surface area contributed by atoms with E-state index in [1.165, 1.54) is 0 Å². The van der Waals surface area contributed by atoms with Crippen LogP contribution in [0.3, 0.4) is 0 Å². The van der Waals surface area contributed by atoms with Crippen molar-refractivity contribution < 1.29 is 4.79 Å². The average Bonchev–Trinajstić information content (AvgIpc) is 3.19. The Balaban J connectivity index is 1.33. The number of rotatable bonds is 7. The van der Waals surface area contributed by atoms with Gasteiger partial charge in [0.1, 0.15) is 5.69 Å². The van der Waals surface area contributed by atoms with E-state index in [1.54, 1.807) is 0 Å². The van der Waals surface area contributed by atoms with Crippen molar-refractivity contribution in [2.24, 2.45) is 13.0 Å². The van der Waals surface area contributed by atoms with E-state index < -0.39 is 5.41 Å². The van der Waals surface area contributed by atoms with Gasteiger partial charge in [-0.2, -0.15) is 5.26 Å². The summed E-state index contributed by atoms with van der Waals surface area (Å²) in [6, 6.07) is 23.0. The van der Waals surface area contributed by atoms with E-state index in [0.717, 1.165) is 67.7 Å². The summed E-state index contributed by atoms with van der Waals surface area (Å²) >= 11 is 0. The minimum Gasteiger partial charge on any atom is -0.340 e. The van der Waals surface area contributed by atoms with Gasteiger partial charge in [0.15, 0.2) is 0 Å². The highest BCUT2D eigenvalue weighted by Crippen LogP contribution is 2.36. The van der Waals surface area contributed by atoms with Crippen LogP contribution in [0, 0.1) is 17.2 Å². The molecule has 1 aliphatic rings. The molecule has 0 radical (unpaired) electrons. The maximum Gasteiger partial charge on any atom is 0.270 e. The molecule has 0 saturated carbocycles. The maximum atomic E-state index is 13.2. The lowest BCUT2D eigenvalue weighted by atomic mass is 9.70. The van der Waals surface area contributed by atoms with Crippen molar-refractivity contribution >= 4 is 16.8 Å². The number of amides is 1. The second kappa shape index (κ2) is 9.80. The van der Waals surface area contributed by atoms with Crippen LogP contribution in [0.25, 0.3) is 10.9 Å². The van der Waals surface area contributed by atoms with Crippen LogP contribution < -0.4 is 0 Å². The Morgan fingerprint density at radius 1 is 1.03 bits per heavy atom. The van der Waals surface area contributed by atoms with Crippen molar-refractivity contribution in [1.82, 2.24) is 14.4 Å². The van der Waals surface area contributed by atoms with Gasteiger partial charge in [0.25, 0.3) is 5.91 Å². The van der Waals surface area contributed by atoms with Crippen LogP contribution >= 0.6 is 0 Å². The molecule has 1 atom stereocenters. The van der Waals surface area contributed by atoms with Crippen LogP contribution in [-0.2, 0) is 12.5 Å². The van der Waals surface area contributed by atoms with E-state index in [0.29, 0.717) is 0 Å². The number of nitriles is 1. The lowest BCUT2D eigenvalue weighted by molar-refractivity contribution is 0.0624. The zero-order valence-electron chi connectivity index (χ0n) is 20.0. The highest BCUT2D eigenvalue weighted by Gasteiger charge is 2.35. The van der Waals surface area contributed by atoms with Gasteiger partial charge in [-0.15, -0.1) is 0 Å². The van der Waals surface area contributed by atoms with Crippen LogP contribution in [0.2, 0.25) is 0 Å². The molecule has 1 aliphatic heterocycles. The second-order valence-electron chi connectivity index (χ2n) is 9.49. The van der Waals surface area contributed by atoms with Crippen molar-refractivity contribution in [3.63, 3.8) is 0 Å². The molecule has 1 fully saturated rings. The van der Waals surface area contributed by atoms with Gasteiger partial charge in [-0.05, 0) is 43.0 Å². The molecule has 2 aromatic carbocycles. The van der Waals surface area contributed by atoms with Gasteiger partial charge in [-0.3, -0.25) is 9.69 Å². The first-order valence-electron chi connectivity index (χ1n) is 12.0. The summed E-state index contributed by atoms with van der Waals surface area (Å²) < 4.78 is 2.00. The molecule has 0 N–H and O–H groups in total. The molecule has 4 rings (SSSR count). The zero-order chi connectivity index (χ0) is 23.4. The van der Waals surface area contributed by atoms with Crippen LogP contribution in [0.4, 0.5) is 0 Å². The van der Waals surface area contributed by atoms with Gasteiger partial charge in [-0.25, -0.2) is 0 Å². The molecule has 2 heterocycles. The van der Waals surface area contributed by atoms with E-state index in [2.05, 4.69) is 49.1 Å². The molecule has 0 aliphatic carbocycles. The van der Waals surface area contributed by atoms with Crippen molar-refractivity contribution in [2.45, 2.75) is 32.1 Å². The number of hydrogen-bond donors (Lipinski definition) is 0.